The molecule has 3 aromatic rings. The van der Waals surface area contributed by atoms with Gasteiger partial charge in [-0.25, -0.2) is 19.3 Å². The van der Waals surface area contributed by atoms with Crippen LogP contribution in [0.3, 0.4) is 0 Å². The van der Waals surface area contributed by atoms with E-state index >= 15 is 0 Å². The van der Waals surface area contributed by atoms with Gasteiger partial charge in [-0.15, -0.1) is 0 Å². The monoisotopic (exact) mass is 445 g/mol. The molecule has 0 aliphatic carbocycles. The lowest BCUT2D eigenvalue weighted by Gasteiger charge is -2.28. The Kier molecular flexibility index (Phi) is 3.90. The van der Waals surface area contributed by atoms with E-state index in [2.05, 4.69) is 15.0 Å². The third-order valence-corrected chi connectivity index (χ3v) is 6.49. The number of carbonyl (C=O) groups is 1. The molecule has 0 saturated carbocycles. The lowest BCUT2D eigenvalue weighted by Crippen LogP contribution is -2.43. The predicted molar refractivity (Wildman–Crippen MR) is 102 cm³/mol. The van der Waals surface area contributed by atoms with Crippen LogP contribution in [0.1, 0.15) is 28.8 Å². The van der Waals surface area contributed by atoms with E-state index in [1.165, 1.54) is 24.6 Å². The summed E-state index contributed by atoms with van der Waals surface area (Å²) in [4.78, 5) is 28.9. The highest BCUT2D eigenvalue weighted by Gasteiger charge is 2.70. The number of aromatic nitrogens is 3. The largest absolute Gasteiger partial charge is 0.444 e. The topological polar surface area (TPSA) is 75.1 Å². The number of oxazole rings is 1. The number of hydrogen-bond donors (Lipinski definition) is 0. The van der Waals surface area contributed by atoms with Gasteiger partial charge in [-0.3, -0.25) is 4.79 Å². The molecule has 3 aliphatic heterocycles. The Morgan fingerprint density at radius 3 is 2.34 bits per heavy atom. The van der Waals surface area contributed by atoms with Crippen molar-refractivity contribution in [2.45, 2.75) is 43.2 Å². The summed E-state index contributed by atoms with van der Waals surface area (Å²) in [5.41, 5.74) is -0.716. The van der Waals surface area contributed by atoms with Gasteiger partial charge < -0.3 is 14.2 Å². The van der Waals surface area contributed by atoms with E-state index in [0.717, 1.165) is 25.2 Å². The summed E-state index contributed by atoms with van der Waals surface area (Å²) in [7, 11) is 0. The summed E-state index contributed by atoms with van der Waals surface area (Å²) in [6.07, 6.45) is 1.24. The van der Waals surface area contributed by atoms with E-state index < -0.39 is 17.6 Å². The number of alkyl halides is 3. The quantitative estimate of drug-likeness (QED) is 0.454. The number of hydrogen-bond acceptors (Lipinski definition) is 6. The fourth-order valence-corrected chi connectivity index (χ4v) is 5.21. The fraction of sp³-hybridized carbons (Fsp3) is 0.333. The summed E-state index contributed by atoms with van der Waals surface area (Å²) in [6, 6.07) is 3.84. The molecule has 4 atom stereocenters. The van der Waals surface area contributed by atoms with Crippen molar-refractivity contribution < 1.29 is 26.8 Å². The van der Waals surface area contributed by atoms with Crippen molar-refractivity contribution in [2.75, 3.05) is 4.90 Å². The molecule has 4 unspecified atom stereocenters. The summed E-state index contributed by atoms with van der Waals surface area (Å²) in [5, 5.41) is 0. The van der Waals surface area contributed by atoms with Gasteiger partial charge in [-0.1, -0.05) is 6.07 Å². The normalized spacial score (nSPS) is 25.9. The molecule has 0 N–H and O–H groups in total. The van der Waals surface area contributed by atoms with Gasteiger partial charge in [0.2, 0.25) is 11.8 Å². The van der Waals surface area contributed by atoms with Crippen LogP contribution in [0.4, 0.5) is 23.5 Å². The Bertz CT molecular complexity index is 1180. The highest BCUT2D eigenvalue weighted by Crippen LogP contribution is 2.54. The molecule has 11 heteroatoms. The lowest BCUT2D eigenvalue weighted by atomic mass is 10.0. The van der Waals surface area contributed by atoms with Crippen LogP contribution in [0.2, 0.25) is 0 Å². The highest BCUT2D eigenvalue weighted by atomic mass is 19.4. The summed E-state index contributed by atoms with van der Waals surface area (Å²) in [6.45, 7) is 0. The average Bonchev–Trinajstić information content (AvgIpc) is 3.11. The predicted octanol–water partition coefficient (Wildman–Crippen LogP) is 3.53. The van der Waals surface area contributed by atoms with Crippen molar-refractivity contribution in [3.63, 3.8) is 0 Å². The summed E-state index contributed by atoms with van der Waals surface area (Å²) < 4.78 is 58.2. The van der Waals surface area contributed by atoms with E-state index in [1.807, 2.05) is 4.90 Å². The van der Waals surface area contributed by atoms with Crippen molar-refractivity contribution in [2.24, 2.45) is 0 Å². The molecule has 164 valence electrons. The molecule has 0 spiro atoms. The minimum atomic E-state index is -4.50. The van der Waals surface area contributed by atoms with Crippen molar-refractivity contribution >= 4 is 11.9 Å². The number of fused-ring (bicyclic) bond motifs is 5. The zero-order valence-corrected chi connectivity index (χ0v) is 16.3. The lowest BCUT2D eigenvalue weighted by molar-refractivity contribution is -0.138. The standard InChI is InChI=1S/C21H15F4N5O2/c22-12-3-1-2-11(15(12)18-26-6-7-32-18)19(31)29-13-4-5-14(29)17-16(13)30(17)20-27-8-10(9-28-20)21(23,24)25/h1-3,6-9,13-14,16-17H,4-5H2. The van der Waals surface area contributed by atoms with Gasteiger partial charge in [-0.05, 0) is 25.0 Å². The van der Waals surface area contributed by atoms with Crippen LogP contribution in [-0.4, -0.2) is 49.9 Å². The number of anilines is 1. The Balaban J connectivity index is 1.27. The van der Waals surface area contributed by atoms with Crippen LogP contribution in [0, 0.1) is 5.82 Å². The average molecular weight is 445 g/mol. The van der Waals surface area contributed by atoms with Crippen LogP contribution in [0.15, 0.2) is 47.5 Å². The Morgan fingerprint density at radius 1 is 1.06 bits per heavy atom. The van der Waals surface area contributed by atoms with Crippen molar-refractivity contribution in [1.29, 1.82) is 0 Å². The van der Waals surface area contributed by atoms with Crippen molar-refractivity contribution in [1.82, 2.24) is 19.9 Å². The first-order chi connectivity index (χ1) is 15.4. The van der Waals surface area contributed by atoms with Gasteiger partial charge in [0.05, 0.1) is 47.1 Å². The number of amides is 1. The maximum absolute atomic E-state index is 14.6. The maximum atomic E-state index is 14.6. The second-order valence-corrected chi connectivity index (χ2v) is 8.08. The van der Waals surface area contributed by atoms with Gasteiger partial charge in [0, 0.05) is 12.4 Å². The van der Waals surface area contributed by atoms with Crippen LogP contribution < -0.4 is 4.90 Å². The number of benzene rings is 1. The molecular weight excluding hydrogens is 430 g/mol. The van der Waals surface area contributed by atoms with Gasteiger partial charge in [-0.2, -0.15) is 13.2 Å². The van der Waals surface area contributed by atoms with E-state index in [0.29, 0.717) is 0 Å². The second kappa shape index (κ2) is 6.50. The van der Waals surface area contributed by atoms with E-state index in [4.69, 9.17) is 4.42 Å². The van der Waals surface area contributed by atoms with Gasteiger partial charge in [0.1, 0.15) is 12.1 Å². The summed E-state index contributed by atoms with van der Waals surface area (Å²) in [5.74, 6) is -0.661. The second-order valence-electron chi connectivity index (χ2n) is 8.08. The SMILES string of the molecule is O=C(c1cccc(F)c1-c1ncco1)N1C2CCC1C1C2N1c1ncc(C(F)(F)F)cn1. The number of nitrogens with zero attached hydrogens (tertiary/aromatic N) is 5. The molecule has 6 rings (SSSR count). The number of halogens is 4. The molecule has 7 nitrogen and oxygen atoms in total. The highest BCUT2D eigenvalue weighted by molar-refractivity contribution is 6.01. The van der Waals surface area contributed by atoms with Crippen LogP contribution in [0.5, 0.6) is 0 Å². The summed E-state index contributed by atoms with van der Waals surface area (Å²) >= 11 is 0. The van der Waals surface area contributed by atoms with E-state index in [9.17, 15) is 22.4 Å². The minimum Gasteiger partial charge on any atom is -0.444 e. The first-order valence-electron chi connectivity index (χ1n) is 10.0. The number of carbonyl (C=O) groups excluding carboxylic acids is 1. The van der Waals surface area contributed by atoms with Crippen molar-refractivity contribution in [3.8, 4) is 11.5 Å². The minimum absolute atomic E-state index is 0.0189. The molecule has 0 radical (unpaired) electrons. The molecule has 3 fully saturated rings. The van der Waals surface area contributed by atoms with Crippen molar-refractivity contribution in [3.05, 3.63) is 60.0 Å². The number of piperazine rings is 1. The first kappa shape index (κ1) is 19.2. The molecule has 5 heterocycles. The molecule has 32 heavy (non-hydrogen) atoms. The Hall–Kier alpha value is -3.50. The third kappa shape index (κ3) is 2.66. The molecule has 1 amide bonds. The zero-order valence-electron chi connectivity index (χ0n) is 16.3. The van der Waals surface area contributed by atoms with Gasteiger partial charge in [0.15, 0.2) is 0 Å². The van der Waals surface area contributed by atoms with Crippen LogP contribution >= 0.6 is 0 Å². The molecule has 3 saturated heterocycles. The zero-order chi connectivity index (χ0) is 22.2. The molecule has 2 bridgehead atoms. The molecule has 3 aliphatic rings. The maximum Gasteiger partial charge on any atom is 0.419 e. The van der Waals surface area contributed by atoms with E-state index in [1.54, 1.807) is 11.0 Å². The van der Waals surface area contributed by atoms with E-state index in [-0.39, 0.29) is 53.0 Å². The molecule has 2 aromatic heterocycles. The third-order valence-electron chi connectivity index (χ3n) is 6.49. The number of rotatable bonds is 3. The molecular formula is C21H15F4N5O2. The smallest absolute Gasteiger partial charge is 0.419 e. The first-order valence-corrected chi connectivity index (χ1v) is 10.0. The van der Waals surface area contributed by atoms with Crippen LogP contribution in [-0.2, 0) is 6.18 Å². The van der Waals surface area contributed by atoms with Crippen LogP contribution in [0.25, 0.3) is 11.5 Å². The van der Waals surface area contributed by atoms with Gasteiger partial charge >= 0.3 is 6.18 Å². The Morgan fingerprint density at radius 2 is 1.75 bits per heavy atom. The van der Waals surface area contributed by atoms with Gasteiger partial charge in [0.25, 0.3) is 5.91 Å². The Labute approximate surface area is 178 Å². The fourth-order valence-electron chi connectivity index (χ4n) is 5.21. The molecule has 1 aromatic carbocycles.